The lowest BCUT2D eigenvalue weighted by atomic mass is 9.94. The van der Waals surface area contributed by atoms with Crippen LogP contribution >= 0.6 is 0 Å². The molecule has 6 nitrogen and oxygen atoms in total. The highest BCUT2D eigenvalue weighted by Gasteiger charge is 2.29. The maximum Gasteiger partial charge on any atom is 0.222 e. The lowest BCUT2D eigenvalue weighted by molar-refractivity contribution is -0.133. The van der Waals surface area contributed by atoms with Crippen LogP contribution in [0.3, 0.4) is 0 Å². The van der Waals surface area contributed by atoms with Crippen molar-refractivity contribution < 1.29 is 13.9 Å². The fraction of sp³-hybridized carbons (Fsp3) is 0.419. The standard InChI is InChI=1S/C31H37N3O3/c1-23(19-24-10-12-25(13-11-24)27-14-18-37-22-27)20-30(35)33-15-5-7-26(21-33)31-32-28-8-3-4-9-29(28)34(31)16-6-17-36-2/h3-4,8-14,18,22-23,26H,5-7,15-17,19-21H2,1-2H3/t23-,26-/m1/s1. The number of carbonyl (C=O) groups is 1. The summed E-state index contributed by atoms with van der Waals surface area (Å²) in [5.41, 5.74) is 5.69. The number of rotatable bonds is 10. The minimum Gasteiger partial charge on any atom is -0.472 e. The number of methoxy groups -OCH3 is 1. The van der Waals surface area contributed by atoms with Crippen molar-refractivity contribution in [3.05, 3.63) is 78.5 Å². The maximum atomic E-state index is 13.3. The van der Waals surface area contributed by atoms with E-state index in [2.05, 4.69) is 58.9 Å². The molecule has 1 aliphatic heterocycles. The molecule has 3 heterocycles. The van der Waals surface area contributed by atoms with Gasteiger partial charge in [0.1, 0.15) is 5.82 Å². The number of amides is 1. The number of carbonyl (C=O) groups excluding carboxylic acids is 1. The number of furan rings is 1. The van der Waals surface area contributed by atoms with E-state index < -0.39 is 0 Å². The monoisotopic (exact) mass is 499 g/mol. The molecule has 0 unspecified atom stereocenters. The molecule has 0 bridgehead atoms. The van der Waals surface area contributed by atoms with Crippen LogP contribution in [0.15, 0.2) is 71.5 Å². The number of hydrogen-bond acceptors (Lipinski definition) is 4. The minimum absolute atomic E-state index is 0.259. The van der Waals surface area contributed by atoms with Gasteiger partial charge in [-0.15, -0.1) is 0 Å². The van der Waals surface area contributed by atoms with Crippen LogP contribution < -0.4 is 0 Å². The molecule has 2 atom stereocenters. The number of likely N-dealkylation sites (tertiary alicyclic amines) is 1. The number of aromatic nitrogens is 2. The Hall–Kier alpha value is -3.38. The Labute approximate surface area is 219 Å². The van der Waals surface area contributed by atoms with Crippen LogP contribution in [0.2, 0.25) is 0 Å². The number of benzene rings is 2. The summed E-state index contributed by atoms with van der Waals surface area (Å²) in [6, 6.07) is 18.9. The van der Waals surface area contributed by atoms with Gasteiger partial charge in [0.15, 0.2) is 0 Å². The van der Waals surface area contributed by atoms with Crippen LogP contribution in [0, 0.1) is 5.92 Å². The Kier molecular flexibility index (Phi) is 8.05. The minimum atomic E-state index is 0.259. The highest BCUT2D eigenvalue weighted by molar-refractivity contribution is 5.77. The molecular weight excluding hydrogens is 462 g/mol. The van der Waals surface area contributed by atoms with Gasteiger partial charge in [0.25, 0.3) is 0 Å². The summed E-state index contributed by atoms with van der Waals surface area (Å²) in [5, 5.41) is 0. The highest BCUT2D eigenvalue weighted by atomic mass is 16.5. The smallest absolute Gasteiger partial charge is 0.222 e. The normalized spacial score (nSPS) is 16.8. The van der Waals surface area contributed by atoms with E-state index in [0.717, 1.165) is 74.4 Å². The van der Waals surface area contributed by atoms with Crippen LogP contribution in [-0.2, 0) is 22.5 Å². The summed E-state index contributed by atoms with van der Waals surface area (Å²) in [4.78, 5) is 20.4. The quantitative estimate of drug-likeness (QED) is 0.240. The van der Waals surface area contributed by atoms with Gasteiger partial charge >= 0.3 is 0 Å². The topological polar surface area (TPSA) is 60.5 Å². The van der Waals surface area contributed by atoms with Crippen molar-refractivity contribution in [3.8, 4) is 11.1 Å². The molecule has 6 heteroatoms. The molecule has 0 spiro atoms. The van der Waals surface area contributed by atoms with Gasteiger partial charge < -0.3 is 18.6 Å². The summed E-state index contributed by atoms with van der Waals surface area (Å²) < 4.78 is 12.8. The molecule has 1 fully saturated rings. The number of piperidine rings is 1. The fourth-order valence-corrected chi connectivity index (χ4v) is 5.59. The Balaban J connectivity index is 1.22. The van der Waals surface area contributed by atoms with Gasteiger partial charge in [-0.2, -0.15) is 0 Å². The number of imidazole rings is 1. The van der Waals surface area contributed by atoms with E-state index in [1.807, 2.05) is 12.1 Å². The summed E-state index contributed by atoms with van der Waals surface area (Å²) >= 11 is 0. The van der Waals surface area contributed by atoms with E-state index >= 15 is 0 Å². The van der Waals surface area contributed by atoms with Crippen molar-refractivity contribution in [1.82, 2.24) is 14.5 Å². The Morgan fingerprint density at radius 1 is 1.14 bits per heavy atom. The second-order valence-corrected chi connectivity index (χ2v) is 10.4. The first-order valence-electron chi connectivity index (χ1n) is 13.5. The van der Waals surface area contributed by atoms with Crippen molar-refractivity contribution in [2.45, 2.75) is 51.5 Å². The molecule has 194 valence electrons. The third kappa shape index (κ3) is 5.96. The molecule has 37 heavy (non-hydrogen) atoms. The zero-order valence-electron chi connectivity index (χ0n) is 21.9. The SMILES string of the molecule is COCCCn1c([C@@H]2CCCN(C(=O)C[C@H](C)Cc3ccc(-c4ccoc4)cc3)C2)nc2ccccc21. The van der Waals surface area contributed by atoms with Crippen molar-refractivity contribution in [2.24, 2.45) is 5.92 Å². The largest absolute Gasteiger partial charge is 0.472 e. The van der Waals surface area contributed by atoms with Gasteiger partial charge in [-0.25, -0.2) is 4.98 Å². The van der Waals surface area contributed by atoms with E-state index in [0.29, 0.717) is 6.42 Å². The Morgan fingerprint density at radius 2 is 1.97 bits per heavy atom. The molecule has 5 rings (SSSR count). The molecule has 0 aliphatic carbocycles. The first-order valence-corrected chi connectivity index (χ1v) is 13.5. The molecule has 0 saturated carbocycles. The average molecular weight is 500 g/mol. The number of fused-ring (bicyclic) bond motifs is 1. The maximum absolute atomic E-state index is 13.3. The number of aryl methyl sites for hydroxylation is 1. The molecular formula is C31H37N3O3. The molecule has 1 saturated heterocycles. The van der Waals surface area contributed by atoms with Crippen LogP contribution in [0.4, 0.5) is 0 Å². The van der Waals surface area contributed by atoms with Gasteiger partial charge in [-0.3, -0.25) is 4.79 Å². The second kappa shape index (κ2) is 11.8. The first-order chi connectivity index (χ1) is 18.1. The fourth-order valence-electron chi connectivity index (χ4n) is 5.59. The van der Waals surface area contributed by atoms with Gasteiger partial charge in [-0.1, -0.05) is 43.3 Å². The number of hydrogen-bond donors (Lipinski definition) is 0. The Bertz CT molecular complexity index is 1290. The number of nitrogens with zero attached hydrogens (tertiary/aromatic N) is 3. The molecule has 1 aliphatic rings. The van der Waals surface area contributed by atoms with E-state index in [1.165, 1.54) is 11.1 Å². The predicted octanol–water partition coefficient (Wildman–Crippen LogP) is 6.31. The summed E-state index contributed by atoms with van der Waals surface area (Å²) in [6.45, 7) is 5.37. The number of para-hydroxylation sites is 2. The highest BCUT2D eigenvalue weighted by Crippen LogP contribution is 2.30. The van der Waals surface area contributed by atoms with E-state index in [4.69, 9.17) is 14.1 Å². The van der Waals surface area contributed by atoms with Crippen molar-refractivity contribution in [1.29, 1.82) is 0 Å². The first kappa shape index (κ1) is 25.3. The van der Waals surface area contributed by atoms with Crippen molar-refractivity contribution in [2.75, 3.05) is 26.8 Å². The number of ether oxygens (including phenoxy) is 1. The molecule has 4 aromatic rings. The van der Waals surface area contributed by atoms with Crippen LogP contribution in [0.25, 0.3) is 22.2 Å². The van der Waals surface area contributed by atoms with Crippen molar-refractivity contribution in [3.63, 3.8) is 0 Å². The molecule has 0 N–H and O–H groups in total. The molecule has 2 aromatic carbocycles. The van der Waals surface area contributed by atoms with E-state index in [1.54, 1.807) is 19.6 Å². The third-order valence-electron chi connectivity index (χ3n) is 7.47. The summed E-state index contributed by atoms with van der Waals surface area (Å²) in [5.74, 6) is 1.92. The van der Waals surface area contributed by atoms with E-state index in [-0.39, 0.29) is 17.7 Å². The van der Waals surface area contributed by atoms with Gasteiger partial charge in [0.2, 0.25) is 5.91 Å². The van der Waals surface area contributed by atoms with E-state index in [9.17, 15) is 4.79 Å². The zero-order valence-corrected chi connectivity index (χ0v) is 21.9. The molecule has 2 aromatic heterocycles. The predicted molar refractivity (Wildman–Crippen MR) is 146 cm³/mol. The van der Waals surface area contributed by atoms with Crippen LogP contribution in [-0.4, -0.2) is 47.2 Å². The van der Waals surface area contributed by atoms with Crippen molar-refractivity contribution >= 4 is 16.9 Å². The third-order valence-corrected chi connectivity index (χ3v) is 7.47. The van der Waals surface area contributed by atoms with Crippen LogP contribution in [0.5, 0.6) is 0 Å². The summed E-state index contributed by atoms with van der Waals surface area (Å²) in [6.07, 6.45) is 7.94. The van der Waals surface area contributed by atoms with Gasteiger partial charge in [0.05, 0.1) is 23.6 Å². The summed E-state index contributed by atoms with van der Waals surface area (Å²) in [7, 11) is 1.74. The Morgan fingerprint density at radius 3 is 2.76 bits per heavy atom. The average Bonchev–Trinajstić information content (AvgIpc) is 3.58. The van der Waals surface area contributed by atoms with Gasteiger partial charge in [0, 0.05) is 51.3 Å². The lowest BCUT2D eigenvalue weighted by Gasteiger charge is -2.33. The zero-order chi connectivity index (χ0) is 25.6. The lowest BCUT2D eigenvalue weighted by Crippen LogP contribution is -2.40. The second-order valence-electron chi connectivity index (χ2n) is 10.4. The molecule has 0 radical (unpaired) electrons. The molecule has 1 amide bonds. The van der Waals surface area contributed by atoms with Crippen LogP contribution in [0.1, 0.15) is 49.9 Å². The van der Waals surface area contributed by atoms with Gasteiger partial charge in [-0.05, 0) is 60.9 Å².